The number of rotatable bonds is 3. The SMILES string of the molecule is CCOC(=O)c1nc(-c2ccc(F)cc2F)cs1. The fourth-order valence-electron chi connectivity index (χ4n) is 1.38. The molecule has 0 spiro atoms. The van der Waals surface area contributed by atoms with Crippen molar-refractivity contribution in [2.75, 3.05) is 6.61 Å². The second kappa shape index (κ2) is 5.22. The van der Waals surface area contributed by atoms with Gasteiger partial charge in [-0.3, -0.25) is 0 Å². The summed E-state index contributed by atoms with van der Waals surface area (Å²) in [6.07, 6.45) is 0. The van der Waals surface area contributed by atoms with Crippen molar-refractivity contribution in [1.29, 1.82) is 0 Å². The molecular weight excluding hydrogens is 260 g/mol. The number of esters is 1. The number of thiazole rings is 1. The number of benzene rings is 1. The van der Waals surface area contributed by atoms with Crippen LogP contribution in [-0.2, 0) is 4.74 Å². The summed E-state index contributed by atoms with van der Waals surface area (Å²) in [6.45, 7) is 1.94. The van der Waals surface area contributed by atoms with E-state index < -0.39 is 17.6 Å². The van der Waals surface area contributed by atoms with Gasteiger partial charge in [-0.2, -0.15) is 0 Å². The first-order chi connectivity index (χ1) is 8.61. The highest BCUT2D eigenvalue weighted by Crippen LogP contribution is 2.25. The minimum absolute atomic E-state index is 0.149. The smallest absolute Gasteiger partial charge is 0.367 e. The molecule has 0 aliphatic carbocycles. The summed E-state index contributed by atoms with van der Waals surface area (Å²) >= 11 is 1.06. The zero-order chi connectivity index (χ0) is 13.1. The summed E-state index contributed by atoms with van der Waals surface area (Å²) in [4.78, 5) is 15.4. The lowest BCUT2D eigenvalue weighted by Gasteiger charge is -1.99. The van der Waals surface area contributed by atoms with Gasteiger partial charge in [0.2, 0.25) is 5.01 Å². The molecule has 0 saturated carbocycles. The van der Waals surface area contributed by atoms with Crippen molar-refractivity contribution >= 4 is 17.3 Å². The Labute approximate surface area is 106 Å². The van der Waals surface area contributed by atoms with Crippen LogP contribution in [0, 0.1) is 11.6 Å². The van der Waals surface area contributed by atoms with Crippen LogP contribution in [0.25, 0.3) is 11.3 Å². The molecule has 0 radical (unpaired) electrons. The van der Waals surface area contributed by atoms with Gasteiger partial charge < -0.3 is 4.74 Å². The second-order valence-corrected chi connectivity index (χ2v) is 4.24. The maximum atomic E-state index is 13.5. The Kier molecular flexibility index (Phi) is 3.66. The monoisotopic (exact) mass is 269 g/mol. The fourth-order valence-corrected chi connectivity index (χ4v) is 2.09. The van der Waals surface area contributed by atoms with Gasteiger partial charge in [-0.05, 0) is 19.1 Å². The van der Waals surface area contributed by atoms with Gasteiger partial charge in [-0.25, -0.2) is 18.6 Å². The molecule has 1 heterocycles. The predicted molar refractivity (Wildman–Crippen MR) is 63.4 cm³/mol. The molecule has 0 amide bonds. The summed E-state index contributed by atoms with van der Waals surface area (Å²) in [6, 6.07) is 3.20. The summed E-state index contributed by atoms with van der Waals surface area (Å²) in [5.74, 6) is -1.91. The third kappa shape index (κ3) is 2.53. The number of nitrogens with zero attached hydrogens (tertiary/aromatic N) is 1. The number of carbonyl (C=O) groups is 1. The maximum absolute atomic E-state index is 13.5. The quantitative estimate of drug-likeness (QED) is 0.803. The molecule has 0 N–H and O–H groups in total. The highest BCUT2D eigenvalue weighted by atomic mass is 32.1. The van der Waals surface area contributed by atoms with E-state index in [1.807, 2.05) is 0 Å². The Bertz CT molecular complexity index is 583. The molecular formula is C12H9F2NO2S. The van der Waals surface area contributed by atoms with Gasteiger partial charge in [-0.1, -0.05) is 0 Å². The minimum atomic E-state index is -0.712. The van der Waals surface area contributed by atoms with Gasteiger partial charge >= 0.3 is 5.97 Å². The molecule has 0 aliphatic rings. The van der Waals surface area contributed by atoms with E-state index >= 15 is 0 Å². The Balaban J connectivity index is 2.32. The van der Waals surface area contributed by atoms with Crippen molar-refractivity contribution < 1.29 is 18.3 Å². The molecule has 18 heavy (non-hydrogen) atoms. The molecule has 0 fully saturated rings. The Morgan fingerprint density at radius 1 is 1.44 bits per heavy atom. The molecule has 0 bridgehead atoms. The molecule has 0 unspecified atom stereocenters. The Morgan fingerprint density at radius 3 is 2.89 bits per heavy atom. The topological polar surface area (TPSA) is 39.2 Å². The number of carbonyl (C=O) groups excluding carboxylic acids is 1. The minimum Gasteiger partial charge on any atom is -0.461 e. The normalized spacial score (nSPS) is 10.4. The van der Waals surface area contributed by atoms with Gasteiger partial charge in [-0.15, -0.1) is 11.3 Å². The molecule has 0 aliphatic heterocycles. The van der Waals surface area contributed by atoms with Crippen molar-refractivity contribution in [3.05, 3.63) is 40.2 Å². The van der Waals surface area contributed by atoms with Gasteiger partial charge in [0.05, 0.1) is 12.3 Å². The molecule has 0 saturated heterocycles. The summed E-state index contributed by atoms with van der Waals surface area (Å²) in [5.41, 5.74) is 0.448. The van der Waals surface area contributed by atoms with E-state index in [0.717, 1.165) is 23.5 Å². The average Bonchev–Trinajstić information content (AvgIpc) is 2.78. The molecule has 1 aromatic carbocycles. The lowest BCUT2D eigenvalue weighted by atomic mass is 10.1. The zero-order valence-corrected chi connectivity index (χ0v) is 10.3. The van der Waals surface area contributed by atoms with E-state index in [2.05, 4.69) is 4.98 Å². The zero-order valence-electron chi connectivity index (χ0n) is 9.44. The molecule has 3 nitrogen and oxygen atoms in total. The van der Waals surface area contributed by atoms with Crippen LogP contribution in [0.3, 0.4) is 0 Å². The summed E-state index contributed by atoms with van der Waals surface area (Å²) < 4.78 is 31.0. The Hall–Kier alpha value is -1.82. The van der Waals surface area contributed by atoms with E-state index in [4.69, 9.17) is 4.74 Å². The first-order valence-electron chi connectivity index (χ1n) is 5.20. The molecule has 2 aromatic rings. The molecule has 1 aromatic heterocycles. The molecule has 0 atom stereocenters. The van der Waals surface area contributed by atoms with E-state index in [0.29, 0.717) is 5.69 Å². The van der Waals surface area contributed by atoms with Crippen molar-refractivity contribution in [1.82, 2.24) is 4.98 Å². The predicted octanol–water partition coefficient (Wildman–Crippen LogP) is 3.27. The number of hydrogen-bond acceptors (Lipinski definition) is 4. The average molecular weight is 269 g/mol. The third-order valence-corrected chi connectivity index (χ3v) is 2.98. The fraction of sp³-hybridized carbons (Fsp3) is 0.167. The molecule has 2 rings (SSSR count). The van der Waals surface area contributed by atoms with Crippen LogP contribution in [0.4, 0.5) is 8.78 Å². The lowest BCUT2D eigenvalue weighted by molar-refractivity contribution is 0.0526. The van der Waals surface area contributed by atoms with E-state index in [1.165, 1.54) is 11.4 Å². The summed E-state index contributed by atoms with van der Waals surface area (Å²) in [5, 5.41) is 1.68. The van der Waals surface area contributed by atoms with Crippen LogP contribution >= 0.6 is 11.3 Å². The highest BCUT2D eigenvalue weighted by molar-refractivity contribution is 7.11. The van der Waals surface area contributed by atoms with Crippen molar-refractivity contribution in [3.8, 4) is 11.3 Å². The Morgan fingerprint density at radius 2 is 2.22 bits per heavy atom. The first kappa shape index (κ1) is 12.6. The van der Waals surface area contributed by atoms with Crippen LogP contribution in [-0.4, -0.2) is 17.6 Å². The van der Waals surface area contributed by atoms with Crippen LogP contribution in [0.2, 0.25) is 0 Å². The van der Waals surface area contributed by atoms with Crippen molar-refractivity contribution in [2.24, 2.45) is 0 Å². The van der Waals surface area contributed by atoms with E-state index in [9.17, 15) is 13.6 Å². The van der Waals surface area contributed by atoms with Crippen LogP contribution in [0.5, 0.6) is 0 Å². The van der Waals surface area contributed by atoms with Crippen LogP contribution in [0.15, 0.2) is 23.6 Å². The van der Waals surface area contributed by atoms with Gasteiger partial charge in [0.25, 0.3) is 0 Å². The number of hydrogen-bond donors (Lipinski definition) is 0. The second-order valence-electron chi connectivity index (χ2n) is 3.38. The number of aromatic nitrogens is 1. The van der Waals surface area contributed by atoms with Gasteiger partial charge in [0.15, 0.2) is 0 Å². The summed E-state index contributed by atoms with van der Waals surface area (Å²) in [7, 11) is 0. The molecule has 6 heteroatoms. The number of halogens is 2. The largest absolute Gasteiger partial charge is 0.461 e. The maximum Gasteiger partial charge on any atom is 0.367 e. The van der Waals surface area contributed by atoms with Gasteiger partial charge in [0, 0.05) is 17.0 Å². The third-order valence-electron chi connectivity index (χ3n) is 2.16. The standard InChI is InChI=1S/C12H9F2NO2S/c1-2-17-12(16)11-15-10(6-18-11)8-4-3-7(13)5-9(8)14/h3-6H,2H2,1H3. The van der Waals surface area contributed by atoms with Gasteiger partial charge in [0.1, 0.15) is 11.6 Å². The van der Waals surface area contributed by atoms with E-state index in [-0.39, 0.29) is 17.2 Å². The van der Waals surface area contributed by atoms with Crippen LogP contribution < -0.4 is 0 Å². The van der Waals surface area contributed by atoms with Crippen molar-refractivity contribution in [2.45, 2.75) is 6.92 Å². The highest BCUT2D eigenvalue weighted by Gasteiger charge is 2.15. The van der Waals surface area contributed by atoms with E-state index in [1.54, 1.807) is 6.92 Å². The number of ether oxygens (including phenoxy) is 1. The van der Waals surface area contributed by atoms with Crippen molar-refractivity contribution in [3.63, 3.8) is 0 Å². The molecule has 94 valence electrons. The first-order valence-corrected chi connectivity index (χ1v) is 6.08. The van der Waals surface area contributed by atoms with Crippen LogP contribution in [0.1, 0.15) is 16.7 Å². The lowest BCUT2D eigenvalue weighted by Crippen LogP contribution is -2.03.